The zero-order valence-electron chi connectivity index (χ0n) is 12.0. The van der Waals surface area contributed by atoms with Crippen LogP contribution >= 0.6 is 0 Å². The van der Waals surface area contributed by atoms with Crippen molar-refractivity contribution >= 4 is 5.91 Å². The highest BCUT2D eigenvalue weighted by Gasteiger charge is 2.37. The van der Waals surface area contributed by atoms with Crippen LogP contribution in [0.25, 0.3) is 0 Å². The molecule has 0 aromatic rings. The average molecular weight is 252 g/mol. The van der Waals surface area contributed by atoms with Gasteiger partial charge in [0.05, 0.1) is 0 Å². The maximum Gasteiger partial charge on any atom is 0.223 e. The van der Waals surface area contributed by atoms with E-state index < -0.39 is 0 Å². The molecule has 18 heavy (non-hydrogen) atoms. The van der Waals surface area contributed by atoms with Crippen LogP contribution in [0.4, 0.5) is 0 Å². The average Bonchev–Trinajstić information content (AvgIpc) is 2.80. The van der Waals surface area contributed by atoms with Crippen LogP contribution in [0.15, 0.2) is 0 Å². The lowest BCUT2D eigenvalue weighted by Crippen LogP contribution is -2.38. The lowest BCUT2D eigenvalue weighted by molar-refractivity contribution is -0.128. The number of carbonyl (C=O) groups is 1. The van der Waals surface area contributed by atoms with E-state index in [9.17, 15) is 4.79 Å². The molecule has 3 heteroatoms. The van der Waals surface area contributed by atoms with E-state index in [4.69, 9.17) is 0 Å². The topological polar surface area (TPSA) is 32.3 Å². The molecule has 0 aromatic heterocycles. The second kappa shape index (κ2) is 6.05. The fourth-order valence-electron chi connectivity index (χ4n) is 3.67. The van der Waals surface area contributed by atoms with Gasteiger partial charge < -0.3 is 10.2 Å². The molecule has 0 atom stereocenters. The molecule has 2 aliphatic rings. The van der Waals surface area contributed by atoms with E-state index in [0.29, 0.717) is 12.5 Å². The number of carbonyl (C=O) groups excluding carboxylic acids is 1. The summed E-state index contributed by atoms with van der Waals surface area (Å²) in [4.78, 5) is 13.2. The largest absolute Gasteiger partial charge is 0.349 e. The molecule has 2 saturated carbocycles. The Bertz CT molecular complexity index is 272. The molecule has 0 aliphatic heterocycles. The third-order valence-electron chi connectivity index (χ3n) is 4.98. The Kier molecular flexibility index (Phi) is 4.66. The van der Waals surface area contributed by atoms with Crippen molar-refractivity contribution in [2.45, 2.75) is 63.8 Å². The molecule has 2 aliphatic carbocycles. The number of hydrogen-bond donors (Lipinski definition) is 1. The zero-order valence-corrected chi connectivity index (χ0v) is 12.0. The van der Waals surface area contributed by atoms with E-state index in [0.717, 1.165) is 12.0 Å². The third-order valence-corrected chi connectivity index (χ3v) is 4.98. The molecule has 0 radical (unpaired) electrons. The van der Waals surface area contributed by atoms with Crippen LogP contribution in [0, 0.1) is 5.41 Å². The summed E-state index contributed by atoms with van der Waals surface area (Å²) in [5, 5.41) is 3.57. The van der Waals surface area contributed by atoms with E-state index in [1.54, 1.807) is 4.90 Å². The van der Waals surface area contributed by atoms with Crippen LogP contribution in [0.5, 0.6) is 0 Å². The van der Waals surface area contributed by atoms with E-state index in [-0.39, 0.29) is 5.91 Å². The maximum absolute atomic E-state index is 11.5. The third kappa shape index (κ3) is 3.47. The smallest absolute Gasteiger partial charge is 0.223 e. The Morgan fingerprint density at radius 1 is 1.17 bits per heavy atom. The summed E-state index contributed by atoms with van der Waals surface area (Å²) in [6.45, 7) is 0.842. The lowest BCUT2D eigenvalue weighted by atomic mass is 9.71. The van der Waals surface area contributed by atoms with Crippen molar-refractivity contribution in [1.29, 1.82) is 0 Å². The molecule has 1 N–H and O–H groups in total. The van der Waals surface area contributed by atoms with Crippen molar-refractivity contribution in [3.05, 3.63) is 0 Å². The van der Waals surface area contributed by atoms with Gasteiger partial charge in [0, 0.05) is 33.1 Å². The highest BCUT2D eigenvalue weighted by Crippen LogP contribution is 2.48. The Labute approximate surface area is 111 Å². The first-order chi connectivity index (χ1) is 8.61. The van der Waals surface area contributed by atoms with Gasteiger partial charge in [-0.2, -0.15) is 0 Å². The minimum Gasteiger partial charge on any atom is -0.349 e. The molecule has 104 valence electrons. The second-order valence-electron chi connectivity index (χ2n) is 6.47. The molecule has 0 heterocycles. The molecule has 1 spiro atoms. The summed E-state index contributed by atoms with van der Waals surface area (Å²) in [5.41, 5.74) is 0.720. The fourth-order valence-corrected chi connectivity index (χ4v) is 3.67. The molecule has 3 nitrogen and oxygen atoms in total. The van der Waals surface area contributed by atoms with E-state index in [1.165, 1.54) is 51.4 Å². The molecular formula is C15H28N2O. The number of nitrogens with zero attached hydrogens (tertiary/aromatic N) is 1. The molecule has 2 rings (SSSR count). The van der Waals surface area contributed by atoms with Gasteiger partial charge in [-0.05, 0) is 43.9 Å². The molecule has 0 unspecified atom stereocenters. The molecule has 0 saturated heterocycles. The van der Waals surface area contributed by atoms with Crippen LogP contribution in [0.2, 0.25) is 0 Å². The highest BCUT2D eigenvalue weighted by molar-refractivity contribution is 5.75. The monoisotopic (exact) mass is 252 g/mol. The first-order valence-electron chi connectivity index (χ1n) is 7.55. The summed E-state index contributed by atoms with van der Waals surface area (Å²) >= 11 is 0. The van der Waals surface area contributed by atoms with Crippen molar-refractivity contribution in [2.24, 2.45) is 5.41 Å². The Morgan fingerprint density at radius 2 is 1.78 bits per heavy atom. The second-order valence-corrected chi connectivity index (χ2v) is 6.47. The van der Waals surface area contributed by atoms with Crippen LogP contribution in [-0.2, 0) is 4.79 Å². The molecular weight excluding hydrogens is 224 g/mol. The van der Waals surface area contributed by atoms with E-state index in [1.807, 2.05) is 14.1 Å². The van der Waals surface area contributed by atoms with Crippen molar-refractivity contribution in [2.75, 3.05) is 20.6 Å². The van der Waals surface area contributed by atoms with Gasteiger partial charge in [0.2, 0.25) is 5.91 Å². The van der Waals surface area contributed by atoms with Gasteiger partial charge in [-0.25, -0.2) is 0 Å². The summed E-state index contributed by atoms with van der Waals surface area (Å²) in [6, 6.07) is 0.659. The SMILES string of the molecule is CN(C)C(=O)CCNC1CCC2(CCCC2)CC1. The summed E-state index contributed by atoms with van der Waals surface area (Å²) in [7, 11) is 3.65. The lowest BCUT2D eigenvalue weighted by Gasteiger charge is -2.37. The van der Waals surface area contributed by atoms with Crippen molar-refractivity contribution in [1.82, 2.24) is 10.2 Å². The minimum absolute atomic E-state index is 0.227. The molecule has 0 bridgehead atoms. The van der Waals surface area contributed by atoms with Crippen LogP contribution in [0.3, 0.4) is 0 Å². The summed E-state index contributed by atoms with van der Waals surface area (Å²) in [6.07, 6.45) is 11.9. The van der Waals surface area contributed by atoms with Crippen molar-refractivity contribution in [3.63, 3.8) is 0 Å². The summed E-state index contributed by atoms with van der Waals surface area (Å²) in [5.74, 6) is 0.227. The standard InChI is InChI=1S/C15H28N2O/c1-17(2)14(18)7-12-16-13-5-10-15(11-6-13)8-3-4-9-15/h13,16H,3-12H2,1-2H3. The Morgan fingerprint density at radius 3 is 2.33 bits per heavy atom. The van der Waals surface area contributed by atoms with Crippen molar-refractivity contribution < 1.29 is 4.79 Å². The van der Waals surface area contributed by atoms with Gasteiger partial charge in [0.25, 0.3) is 0 Å². The number of nitrogens with one attached hydrogen (secondary N) is 1. The van der Waals surface area contributed by atoms with Crippen molar-refractivity contribution in [3.8, 4) is 0 Å². The Hall–Kier alpha value is -0.570. The number of hydrogen-bond acceptors (Lipinski definition) is 2. The van der Waals surface area contributed by atoms with E-state index in [2.05, 4.69) is 5.32 Å². The first-order valence-corrected chi connectivity index (χ1v) is 7.55. The molecule has 2 fully saturated rings. The summed E-state index contributed by atoms with van der Waals surface area (Å²) < 4.78 is 0. The van der Waals surface area contributed by atoms with Gasteiger partial charge in [0.15, 0.2) is 0 Å². The molecule has 0 aromatic carbocycles. The van der Waals surface area contributed by atoms with Gasteiger partial charge in [-0.15, -0.1) is 0 Å². The van der Waals surface area contributed by atoms with Crippen LogP contribution in [-0.4, -0.2) is 37.5 Å². The van der Waals surface area contributed by atoms with Gasteiger partial charge >= 0.3 is 0 Å². The molecule has 1 amide bonds. The van der Waals surface area contributed by atoms with Gasteiger partial charge in [0.1, 0.15) is 0 Å². The van der Waals surface area contributed by atoms with Gasteiger partial charge in [-0.1, -0.05) is 12.8 Å². The normalized spacial score (nSPS) is 23.4. The van der Waals surface area contributed by atoms with Gasteiger partial charge in [-0.3, -0.25) is 4.79 Å². The maximum atomic E-state index is 11.5. The van der Waals surface area contributed by atoms with Crippen LogP contribution in [0.1, 0.15) is 57.8 Å². The first kappa shape index (κ1) is 13.9. The minimum atomic E-state index is 0.227. The Balaban J connectivity index is 1.63. The predicted octanol–water partition coefficient (Wildman–Crippen LogP) is 2.56. The number of amides is 1. The zero-order chi connectivity index (χ0) is 13.0. The van der Waals surface area contributed by atoms with Crippen LogP contribution < -0.4 is 5.32 Å². The highest BCUT2D eigenvalue weighted by atomic mass is 16.2. The number of rotatable bonds is 4. The van der Waals surface area contributed by atoms with E-state index >= 15 is 0 Å². The quantitative estimate of drug-likeness (QED) is 0.834. The predicted molar refractivity (Wildman–Crippen MR) is 74.5 cm³/mol. The fraction of sp³-hybridized carbons (Fsp3) is 0.933.